The number of likely N-dealkylation sites (tertiary alicyclic amines) is 1. The first-order valence-electron chi connectivity index (χ1n) is 10.0. The minimum Gasteiger partial charge on any atom is -0.481 e. The molecule has 0 bridgehead atoms. The summed E-state index contributed by atoms with van der Waals surface area (Å²) in [6.45, 7) is 10.4. The van der Waals surface area contributed by atoms with Crippen LogP contribution < -0.4 is 0 Å². The average Bonchev–Trinajstić information content (AvgIpc) is 3.09. The molecular formula is C20H34BCl2NO4. The molecular weight excluding hydrogens is 400 g/mol. The maximum Gasteiger partial charge on any atom is 0.451 e. The van der Waals surface area contributed by atoms with Gasteiger partial charge in [-0.15, -0.1) is 0 Å². The average molecular weight is 434 g/mol. The van der Waals surface area contributed by atoms with Crippen molar-refractivity contribution in [2.45, 2.75) is 53.3 Å². The summed E-state index contributed by atoms with van der Waals surface area (Å²) in [6.07, 6.45) is 2.75. The number of aliphatic carboxylic acids is 1. The topological polar surface area (TPSA) is 81.0 Å². The molecule has 0 aliphatic carbocycles. The van der Waals surface area contributed by atoms with Gasteiger partial charge in [-0.05, 0) is 49.3 Å². The summed E-state index contributed by atoms with van der Waals surface area (Å²) in [5.41, 5.74) is 1.22. The number of carboxylic acid groups (broad SMARTS) is 1. The van der Waals surface area contributed by atoms with E-state index in [-0.39, 0.29) is 11.8 Å². The summed E-state index contributed by atoms with van der Waals surface area (Å²) in [6, 6.07) is 5.70. The highest BCUT2D eigenvalue weighted by Gasteiger charge is 2.36. The van der Waals surface area contributed by atoms with Crippen LogP contribution in [0.5, 0.6) is 0 Å². The number of nitrogens with zero attached hydrogens (tertiary/aromatic N) is 1. The van der Waals surface area contributed by atoms with Crippen LogP contribution in [0, 0.1) is 11.8 Å². The van der Waals surface area contributed by atoms with E-state index < -0.39 is 13.1 Å². The Morgan fingerprint density at radius 3 is 2.29 bits per heavy atom. The highest BCUT2D eigenvalue weighted by Crippen LogP contribution is 2.28. The van der Waals surface area contributed by atoms with Gasteiger partial charge in [0.05, 0.1) is 16.0 Å². The normalized spacial score (nSPS) is 18.6. The van der Waals surface area contributed by atoms with Crippen LogP contribution >= 0.6 is 23.2 Å². The molecule has 1 aliphatic heterocycles. The van der Waals surface area contributed by atoms with Gasteiger partial charge >= 0.3 is 13.1 Å². The van der Waals surface area contributed by atoms with E-state index in [4.69, 9.17) is 38.4 Å². The first kappa shape index (κ1) is 27.2. The summed E-state index contributed by atoms with van der Waals surface area (Å²) in [7, 11) is -1.27. The Hall–Kier alpha value is -0.785. The largest absolute Gasteiger partial charge is 0.481 e. The summed E-state index contributed by atoms with van der Waals surface area (Å²) in [5, 5.41) is 27.8. The van der Waals surface area contributed by atoms with Crippen molar-refractivity contribution in [1.82, 2.24) is 4.90 Å². The second kappa shape index (κ2) is 15.1. The van der Waals surface area contributed by atoms with E-state index in [9.17, 15) is 4.79 Å². The third-order valence-electron chi connectivity index (χ3n) is 4.71. The molecule has 1 aliphatic rings. The molecule has 1 aromatic carbocycles. The van der Waals surface area contributed by atoms with Crippen LogP contribution in [0.3, 0.4) is 0 Å². The maximum atomic E-state index is 11.0. The van der Waals surface area contributed by atoms with Crippen molar-refractivity contribution in [3.8, 4) is 0 Å². The van der Waals surface area contributed by atoms with Crippen LogP contribution in [-0.4, -0.2) is 52.8 Å². The van der Waals surface area contributed by atoms with E-state index in [1.807, 2.05) is 39.0 Å². The second-order valence-electron chi connectivity index (χ2n) is 6.57. The second-order valence-corrected chi connectivity index (χ2v) is 7.38. The molecule has 0 amide bonds. The van der Waals surface area contributed by atoms with Gasteiger partial charge in [-0.3, -0.25) is 4.79 Å². The monoisotopic (exact) mass is 433 g/mol. The third-order valence-corrected chi connectivity index (χ3v) is 5.45. The molecule has 0 aromatic heterocycles. The van der Waals surface area contributed by atoms with E-state index in [0.29, 0.717) is 29.3 Å². The summed E-state index contributed by atoms with van der Waals surface area (Å²) < 4.78 is 0. The lowest BCUT2D eigenvalue weighted by Crippen LogP contribution is -2.23. The van der Waals surface area contributed by atoms with Crippen LogP contribution in [0.2, 0.25) is 16.4 Å². The van der Waals surface area contributed by atoms with Gasteiger partial charge < -0.3 is 20.1 Å². The van der Waals surface area contributed by atoms with Crippen LogP contribution in [0.15, 0.2) is 18.2 Å². The van der Waals surface area contributed by atoms with Crippen molar-refractivity contribution < 1.29 is 19.9 Å². The molecule has 2 atom stereocenters. The molecule has 1 aromatic rings. The van der Waals surface area contributed by atoms with Crippen LogP contribution in [-0.2, 0) is 11.2 Å². The Kier molecular flexibility index (Phi) is 14.7. The Bertz CT molecular complexity index is 575. The van der Waals surface area contributed by atoms with E-state index in [2.05, 4.69) is 11.8 Å². The number of halogens is 2. The zero-order chi connectivity index (χ0) is 21.7. The van der Waals surface area contributed by atoms with Gasteiger partial charge in [-0.25, -0.2) is 0 Å². The van der Waals surface area contributed by atoms with Gasteiger partial charge in [0.25, 0.3) is 0 Å². The van der Waals surface area contributed by atoms with Crippen molar-refractivity contribution in [3.63, 3.8) is 0 Å². The number of carboxylic acids is 1. The molecule has 28 heavy (non-hydrogen) atoms. The number of carbonyl (C=O) groups is 1. The van der Waals surface area contributed by atoms with Crippen LogP contribution in [0.4, 0.5) is 0 Å². The molecule has 2 rings (SSSR count). The Labute approximate surface area is 179 Å². The lowest BCUT2D eigenvalue weighted by Gasteiger charge is -2.14. The van der Waals surface area contributed by atoms with Gasteiger partial charge in [-0.2, -0.15) is 0 Å². The Balaban J connectivity index is 0.000000520. The van der Waals surface area contributed by atoms with E-state index in [1.54, 1.807) is 0 Å². The number of hydrogen-bond acceptors (Lipinski definition) is 4. The minimum atomic E-state index is -1.27. The molecule has 1 fully saturated rings. The summed E-state index contributed by atoms with van der Waals surface area (Å²) >= 11 is 11.5. The Morgan fingerprint density at radius 2 is 1.82 bits per heavy atom. The van der Waals surface area contributed by atoms with Gasteiger partial charge in [-0.1, -0.05) is 63.4 Å². The lowest BCUT2D eigenvalue weighted by atomic mass is 9.80. The van der Waals surface area contributed by atoms with Crippen LogP contribution in [0.25, 0.3) is 0 Å². The smallest absolute Gasteiger partial charge is 0.451 e. The predicted octanol–water partition coefficient (Wildman–Crippen LogP) is 4.47. The maximum absolute atomic E-state index is 11.0. The number of hydrogen-bond donors (Lipinski definition) is 3. The van der Waals surface area contributed by atoms with Crippen molar-refractivity contribution >= 4 is 36.3 Å². The lowest BCUT2D eigenvalue weighted by molar-refractivity contribution is -0.142. The minimum absolute atomic E-state index is 0.149. The highest BCUT2D eigenvalue weighted by atomic mass is 35.5. The molecule has 8 heteroatoms. The summed E-state index contributed by atoms with van der Waals surface area (Å²) in [4.78, 5) is 13.2. The third kappa shape index (κ3) is 10.1. The zero-order valence-electron chi connectivity index (χ0n) is 17.4. The molecule has 160 valence electrons. The number of aryl methyl sites for hydroxylation is 1. The fourth-order valence-corrected chi connectivity index (χ4v) is 3.43. The quantitative estimate of drug-likeness (QED) is 0.552. The number of benzene rings is 1. The van der Waals surface area contributed by atoms with Crippen molar-refractivity contribution in [2.24, 2.45) is 11.8 Å². The zero-order valence-corrected chi connectivity index (χ0v) is 18.9. The number of rotatable bonds is 7. The Morgan fingerprint density at radius 1 is 1.18 bits per heavy atom. The molecule has 0 saturated carbocycles. The molecule has 0 radical (unpaired) electrons. The molecule has 5 nitrogen and oxygen atoms in total. The van der Waals surface area contributed by atoms with Crippen molar-refractivity contribution in [2.75, 3.05) is 19.6 Å². The van der Waals surface area contributed by atoms with Gasteiger partial charge in [0.15, 0.2) is 0 Å². The predicted molar refractivity (Wildman–Crippen MR) is 118 cm³/mol. The van der Waals surface area contributed by atoms with Gasteiger partial charge in [0.2, 0.25) is 0 Å². The highest BCUT2D eigenvalue weighted by molar-refractivity contribution is 6.42. The fourth-order valence-electron chi connectivity index (χ4n) is 3.11. The van der Waals surface area contributed by atoms with E-state index in [1.165, 1.54) is 5.56 Å². The van der Waals surface area contributed by atoms with E-state index >= 15 is 0 Å². The standard InChI is InChI=1S/C10H20BNO4.C8H8Cl2.C2H6/c1-2-12-6-8(4-3-5-11(15)16)9(7-12)10(13)14;1-2-6-3-4-7(9)8(10)5-6;1-2/h8-9,15-16H,2-7H2,1H3,(H,13,14);3-5H,2H2,1H3;1-2H3. The van der Waals surface area contributed by atoms with Gasteiger partial charge in [0.1, 0.15) is 0 Å². The fraction of sp³-hybridized carbons (Fsp3) is 0.650. The first-order chi connectivity index (χ1) is 13.3. The van der Waals surface area contributed by atoms with Crippen LogP contribution in [0.1, 0.15) is 46.1 Å². The van der Waals surface area contributed by atoms with Crippen molar-refractivity contribution in [1.29, 1.82) is 0 Å². The van der Waals surface area contributed by atoms with Crippen molar-refractivity contribution in [3.05, 3.63) is 33.8 Å². The molecule has 1 heterocycles. The summed E-state index contributed by atoms with van der Waals surface area (Å²) in [5.74, 6) is -0.877. The molecule has 3 N–H and O–H groups in total. The molecule has 0 spiro atoms. The van der Waals surface area contributed by atoms with E-state index in [0.717, 1.165) is 25.9 Å². The SMILES string of the molecule is CC.CCN1CC(CCCB(O)O)C(C(=O)O)C1.CCc1ccc(Cl)c(Cl)c1. The van der Waals surface area contributed by atoms with Gasteiger partial charge in [0, 0.05) is 13.1 Å². The first-order valence-corrected chi connectivity index (χ1v) is 10.8. The molecule has 2 unspecified atom stereocenters. The molecule has 1 saturated heterocycles.